The summed E-state index contributed by atoms with van der Waals surface area (Å²) >= 11 is 0. The van der Waals surface area contributed by atoms with Gasteiger partial charge in [-0.1, -0.05) is 6.07 Å². The van der Waals surface area contributed by atoms with Crippen molar-refractivity contribution in [3.05, 3.63) is 54.4 Å². The van der Waals surface area contributed by atoms with Gasteiger partial charge in [0.25, 0.3) is 5.91 Å². The second-order valence-corrected chi connectivity index (χ2v) is 6.15. The van der Waals surface area contributed by atoms with E-state index >= 15 is 0 Å². The van der Waals surface area contributed by atoms with E-state index < -0.39 is 11.5 Å². The number of carbonyl (C=O) groups is 2. The quantitative estimate of drug-likeness (QED) is 0.921. The molecule has 2 aromatic heterocycles. The number of ketones is 1. The molecular formula is C17H18N4O3. The molecule has 3 rings (SSSR count). The number of allylic oxidation sites excluding steroid dienone is 1. The molecule has 1 amide bonds. The Morgan fingerprint density at radius 2 is 2.25 bits per heavy atom. The maximum atomic E-state index is 12.3. The molecule has 0 bridgehead atoms. The first-order valence-corrected chi connectivity index (χ1v) is 7.58. The molecule has 24 heavy (non-hydrogen) atoms. The molecule has 3 heterocycles. The fourth-order valence-electron chi connectivity index (χ4n) is 2.54. The number of rotatable bonds is 4. The maximum absolute atomic E-state index is 12.3. The normalized spacial score (nSPS) is 16.2. The van der Waals surface area contributed by atoms with E-state index in [0.29, 0.717) is 5.82 Å². The molecule has 0 saturated heterocycles. The van der Waals surface area contributed by atoms with E-state index in [1.807, 2.05) is 6.07 Å². The lowest BCUT2D eigenvalue weighted by atomic mass is 9.98. The van der Waals surface area contributed by atoms with Gasteiger partial charge in [0.15, 0.2) is 11.5 Å². The van der Waals surface area contributed by atoms with Gasteiger partial charge in [-0.25, -0.2) is 9.97 Å². The van der Waals surface area contributed by atoms with Crippen molar-refractivity contribution in [1.29, 1.82) is 0 Å². The molecule has 0 saturated carbocycles. The van der Waals surface area contributed by atoms with Gasteiger partial charge < -0.3 is 10.1 Å². The van der Waals surface area contributed by atoms with Crippen LogP contribution in [0.1, 0.15) is 25.8 Å². The highest BCUT2D eigenvalue weighted by molar-refractivity contribution is 6.01. The molecule has 1 aliphatic heterocycles. The van der Waals surface area contributed by atoms with Crippen LogP contribution < -0.4 is 5.32 Å². The number of nitrogens with one attached hydrogen (secondary N) is 1. The molecule has 0 aromatic carbocycles. The largest absolute Gasteiger partial charge is 0.482 e. The van der Waals surface area contributed by atoms with Crippen LogP contribution in [0.15, 0.2) is 48.9 Å². The molecule has 124 valence electrons. The van der Waals surface area contributed by atoms with Gasteiger partial charge >= 0.3 is 0 Å². The Kier molecular flexibility index (Phi) is 4.16. The summed E-state index contributed by atoms with van der Waals surface area (Å²) in [6, 6.07) is 3.67. The Labute approximate surface area is 139 Å². The smallest absolute Gasteiger partial charge is 0.286 e. The monoisotopic (exact) mass is 326 g/mol. The van der Waals surface area contributed by atoms with E-state index in [2.05, 4.69) is 15.3 Å². The molecule has 0 aliphatic carbocycles. The predicted molar refractivity (Wildman–Crippen MR) is 86.1 cm³/mol. The van der Waals surface area contributed by atoms with Crippen LogP contribution in [0, 0.1) is 0 Å². The van der Waals surface area contributed by atoms with Crippen molar-refractivity contribution in [3.8, 4) is 5.82 Å². The minimum atomic E-state index is -0.672. The average molecular weight is 326 g/mol. The van der Waals surface area contributed by atoms with Crippen LogP contribution in [0.4, 0.5) is 0 Å². The van der Waals surface area contributed by atoms with Crippen molar-refractivity contribution in [3.63, 3.8) is 0 Å². The Balaban J connectivity index is 1.73. The average Bonchev–Trinajstić information content (AvgIpc) is 3.05. The maximum Gasteiger partial charge on any atom is 0.286 e. The first kappa shape index (κ1) is 15.9. The van der Waals surface area contributed by atoms with E-state index in [0.717, 1.165) is 5.56 Å². The summed E-state index contributed by atoms with van der Waals surface area (Å²) in [5, 5.41) is 2.77. The Morgan fingerprint density at radius 3 is 2.96 bits per heavy atom. The molecule has 7 heteroatoms. The van der Waals surface area contributed by atoms with Crippen molar-refractivity contribution in [2.24, 2.45) is 0 Å². The molecule has 0 spiro atoms. The van der Waals surface area contributed by atoms with Crippen molar-refractivity contribution in [1.82, 2.24) is 19.9 Å². The zero-order valence-electron chi connectivity index (χ0n) is 13.5. The number of pyridine rings is 1. The first-order chi connectivity index (χ1) is 11.4. The Morgan fingerprint density at radius 1 is 1.42 bits per heavy atom. The number of hydrogen-bond acceptors (Lipinski definition) is 5. The summed E-state index contributed by atoms with van der Waals surface area (Å²) in [7, 11) is 0. The van der Waals surface area contributed by atoms with Crippen LogP contribution in [0.2, 0.25) is 0 Å². The minimum absolute atomic E-state index is 0.0457. The standard InChI is InChI=1S/C17H18N4O3/c1-17(2)9-13(22)8-14(24-17)16(23)20-10-12-4-3-5-19-15(12)21-7-6-18-11-21/h3-8,11H,9-10H2,1-2H3,(H,20,23). The third-order valence-corrected chi connectivity index (χ3v) is 3.56. The third-order valence-electron chi connectivity index (χ3n) is 3.56. The number of nitrogens with zero attached hydrogens (tertiary/aromatic N) is 3. The van der Waals surface area contributed by atoms with Crippen molar-refractivity contribution in [2.45, 2.75) is 32.4 Å². The Hall–Kier alpha value is -2.96. The first-order valence-electron chi connectivity index (χ1n) is 7.58. The summed E-state index contributed by atoms with van der Waals surface area (Å²) in [5.74, 6) is 0.197. The van der Waals surface area contributed by atoms with Gasteiger partial charge in [-0.2, -0.15) is 0 Å². The lowest BCUT2D eigenvalue weighted by Crippen LogP contribution is -2.37. The highest BCUT2D eigenvalue weighted by atomic mass is 16.5. The number of hydrogen-bond donors (Lipinski definition) is 1. The fourth-order valence-corrected chi connectivity index (χ4v) is 2.54. The number of ether oxygens (including phenoxy) is 1. The predicted octanol–water partition coefficient (Wildman–Crippen LogP) is 1.54. The van der Waals surface area contributed by atoms with Crippen LogP contribution in [-0.4, -0.2) is 31.8 Å². The van der Waals surface area contributed by atoms with Crippen molar-refractivity contribution >= 4 is 11.7 Å². The minimum Gasteiger partial charge on any atom is -0.482 e. The van der Waals surface area contributed by atoms with Crippen molar-refractivity contribution < 1.29 is 14.3 Å². The van der Waals surface area contributed by atoms with Gasteiger partial charge in [-0.05, 0) is 19.9 Å². The summed E-state index contributed by atoms with van der Waals surface area (Å²) in [6.07, 6.45) is 8.26. The Bertz CT molecular complexity index is 794. The molecule has 0 radical (unpaired) electrons. The highest BCUT2D eigenvalue weighted by Gasteiger charge is 2.31. The molecule has 1 N–H and O–H groups in total. The van der Waals surface area contributed by atoms with Gasteiger partial charge in [0.1, 0.15) is 17.7 Å². The van der Waals surface area contributed by atoms with Gasteiger partial charge in [-0.15, -0.1) is 0 Å². The number of imidazole rings is 1. The zero-order chi connectivity index (χ0) is 17.2. The SMILES string of the molecule is CC1(C)CC(=O)C=C(C(=O)NCc2cccnc2-n2ccnc2)O1. The second kappa shape index (κ2) is 6.27. The second-order valence-electron chi connectivity index (χ2n) is 6.15. The summed E-state index contributed by atoms with van der Waals surface area (Å²) in [4.78, 5) is 32.3. The van der Waals surface area contributed by atoms with Gasteiger partial charge in [0, 0.05) is 43.2 Å². The summed E-state index contributed by atoms with van der Waals surface area (Å²) in [5.41, 5.74) is 0.153. The molecule has 7 nitrogen and oxygen atoms in total. The fraction of sp³-hybridized carbons (Fsp3) is 0.294. The summed E-state index contributed by atoms with van der Waals surface area (Å²) in [6.45, 7) is 3.82. The molecular weight excluding hydrogens is 308 g/mol. The van der Waals surface area contributed by atoms with E-state index in [4.69, 9.17) is 4.74 Å². The lowest BCUT2D eigenvalue weighted by molar-refractivity contribution is -0.131. The lowest BCUT2D eigenvalue weighted by Gasteiger charge is -2.29. The molecule has 1 aliphatic rings. The summed E-state index contributed by atoms with van der Waals surface area (Å²) < 4.78 is 7.36. The van der Waals surface area contributed by atoms with Gasteiger partial charge in [0.05, 0.1) is 0 Å². The number of carbonyl (C=O) groups excluding carboxylic acids is 2. The van der Waals surface area contributed by atoms with Gasteiger partial charge in [-0.3, -0.25) is 14.2 Å². The van der Waals surface area contributed by atoms with Gasteiger partial charge in [0.2, 0.25) is 0 Å². The van der Waals surface area contributed by atoms with Crippen LogP contribution in [0.25, 0.3) is 5.82 Å². The van der Waals surface area contributed by atoms with E-state index in [1.54, 1.807) is 49.4 Å². The molecule has 0 atom stereocenters. The van der Waals surface area contributed by atoms with Crippen LogP contribution in [-0.2, 0) is 20.9 Å². The number of amides is 1. The third kappa shape index (κ3) is 3.51. The van der Waals surface area contributed by atoms with E-state index in [9.17, 15) is 9.59 Å². The zero-order valence-corrected chi connectivity index (χ0v) is 13.5. The van der Waals surface area contributed by atoms with Crippen LogP contribution >= 0.6 is 0 Å². The van der Waals surface area contributed by atoms with E-state index in [1.165, 1.54) is 6.08 Å². The molecule has 0 unspecified atom stereocenters. The highest BCUT2D eigenvalue weighted by Crippen LogP contribution is 2.24. The van der Waals surface area contributed by atoms with Crippen LogP contribution in [0.5, 0.6) is 0 Å². The number of aromatic nitrogens is 3. The van der Waals surface area contributed by atoms with Crippen molar-refractivity contribution in [2.75, 3.05) is 0 Å². The van der Waals surface area contributed by atoms with E-state index in [-0.39, 0.29) is 24.5 Å². The topological polar surface area (TPSA) is 86.1 Å². The van der Waals surface area contributed by atoms with Crippen LogP contribution in [0.3, 0.4) is 0 Å². The molecule has 0 fully saturated rings. The molecule has 2 aromatic rings.